The van der Waals surface area contributed by atoms with Crippen LogP contribution < -0.4 is 5.90 Å². The van der Waals surface area contributed by atoms with Crippen LogP contribution in [0.2, 0.25) is 0 Å². The third-order valence-electron chi connectivity index (χ3n) is 2.33. The van der Waals surface area contributed by atoms with E-state index >= 15 is 0 Å². The number of nitro benzene ring substituents is 1. The molecule has 1 aromatic carbocycles. The molecule has 2 N–H and O–H groups in total. The van der Waals surface area contributed by atoms with Gasteiger partial charge in [0.15, 0.2) is 0 Å². The van der Waals surface area contributed by atoms with Crippen LogP contribution in [0.4, 0.5) is 10.1 Å². The fourth-order valence-electron chi connectivity index (χ4n) is 1.50. The molecule has 5 nitrogen and oxygen atoms in total. The Balaban J connectivity index is 3.29. The molecule has 0 radical (unpaired) electrons. The average Bonchev–Trinajstić information content (AvgIpc) is 2.17. The summed E-state index contributed by atoms with van der Waals surface area (Å²) < 4.78 is 13.1. The van der Waals surface area contributed by atoms with Gasteiger partial charge in [0.05, 0.1) is 11.5 Å². The molecule has 88 valence electrons. The summed E-state index contributed by atoms with van der Waals surface area (Å²) >= 11 is 0. The molecule has 1 aromatic rings. The lowest BCUT2D eigenvalue weighted by atomic mass is 9.84. The molecule has 0 heterocycles. The van der Waals surface area contributed by atoms with Crippen LogP contribution in [0, 0.1) is 15.9 Å². The number of hydrogen-bond donors (Lipinski definition) is 1. The highest BCUT2D eigenvalue weighted by Gasteiger charge is 2.29. The van der Waals surface area contributed by atoms with Crippen molar-refractivity contribution in [3.05, 3.63) is 39.7 Å². The molecule has 0 aliphatic carbocycles. The molecule has 0 aromatic heterocycles. The van der Waals surface area contributed by atoms with Crippen LogP contribution in [0.25, 0.3) is 0 Å². The van der Waals surface area contributed by atoms with Crippen LogP contribution in [-0.2, 0) is 10.3 Å². The Hall–Kier alpha value is -1.53. The Bertz CT molecular complexity index is 407. The van der Waals surface area contributed by atoms with Gasteiger partial charge in [0.25, 0.3) is 5.69 Å². The number of benzene rings is 1. The zero-order valence-corrected chi connectivity index (χ0v) is 9.07. The van der Waals surface area contributed by atoms with Gasteiger partial charge in [-0.1, -0.05) is 13.8 Å². The van der Waals surface area contributed by atoms with Crippen molar-refractivity contribution < 1.29 is 14.2 Å². The Morgan fingerprint density at radius 3 is 2.69 bits per heavy atom. The lowest BCUT2D eigenvalue weighted by molar-refractivity contribution is -0.386. The van der Waals surface area contributed by atoms with E-state index in [1.807, 2.05) is 0 Å². The topological polar surface area (TPSA) is 78.4 Å². The smallest absolute Gasteiger partial charge is 0.273 e. The minimum atomic E-state index is -0.723. The number of hydrogen-bond acceptors (Lipinski definition) is 4. The van der Waals surface area contributed by atoms with Gasteiger partial charge in [-0.25, -0.2) is 10.3 Å². The second-order valence-electron chi connectivity index (χ2n) is 4.11. The van der Waals surface area contributed by atoms with Crippen molar-refractivity contribution in [3.8, 4) is 0 Å². The number of nitrogens with two attached hydrogens (primary N) is 1. The van der Waals surface area contributed by atoms with E-state index in [0.29, 0.717) is 0 Å². The van der Waals surface area contributed by atoms with E-state index in [1.54, 1.807) is 13.8 Å². The number of nitro groups is 1. The molecule has 0 atom stereocenters. The van der Waals surface area contributed by atoms with Crippen molar-refractivity contribution in [3.63, 3.8) is 0 Å². The van der Waals surface area contributed by atoms with Crippen LogP contribution in [0.5, 0.6) is 0 Å². The van der Waals surface area contributed by atoms with Crippen molar-refractivity contribution >= 4 is 5.69 Å². The van der Waals surface area contributed by atoms with E-state index in [4.69, 9.17) is 5.90 Å². The van der Waals surface area contributed by atoms with Gasteiger partial charge in [0.1, 0.15) is 5.82 Å². The summed E-state index contributed by atoms with van der Waals surface area (Å²) in [6, 6.07) is 3.33. The van der Waals surface area contributed by atoms with Crippen LogP contribution in [0.1, 0.15) is 19.4 Å². The largest absolute Gasteiger partial charge is 0.304 e. The molecule has 0 aliphatic rings. The van der Waals surface area contributed by atoms with Gasteiger partial charge in [-0.2, -0.15) is 0 Å². The van der Waals surface area contributed by atoms with Gasteiger partial charge in [-0.3, -0.25) is 10.1 Å². The number of rotatable bonds is 4. The van der Waals surface area contributed by atoms with Crippen LogP contribution in [0.15, 0.2) is 18.2 Å². The molecule has 0 saturated heterocycles. The Morgan fingerprint density at radius 1 is 1.56 bits per heavy atom. The zero-order valence-electron chi connectivity index (χ0n) is 9.07. The Kier molecular flexibility index (Phi) is 3.56. The van der Waals surface area contributed by atoms with Gasteiger partial charge in [0, 0.05) is 17.0 Å². The second kappa shape index (κ2) is 4.54. The van der Waals surface area contributed by atoms with Gasteiger partial charge >= 0.3 is 0 Å². The van der Waals surface area contributed by atoms with Crippen molar-refractivity contribution in [2.75, 3.05) is 6.61 Å². The molecule has 1 rings (SSSR count). The lowest BCUT2D eigenvalue weighted by Crippen LogP contribution is -2.27. The predicted molar refractivity (Wildman–Crippen MR) is 56.2 cm³/mol. The first-order chi connectivity index (χ1) is 7.38. The first kappa shape index (κ1) is 12.5. The first-order valence-electron chi connectivity index (χ1n) is 4.64. The highest BCUT2D eigenvalue weighted by atomic mass is 19.1. The standard InChI is InChI=1S/C10H13FN2O3/c1-10(2,6-16-12)8-5-7(11)3-4-9(8)13(14)15/h3-5H,6,12H2,1-2H3. The summed E-state index contributed by atoms with van der Waals surface area (Å²) in [4.78, 5) is 14.7. The van der Waals surface area contributed by atoms with Crippen molar-refractivity contribution in [1.29, 1.82) is 0 Å². The highest BCUT2D eigenvalue weighted by Crippen LogP contribution is 2.32. The summed E-state index contributed by atoms with van der Waals surface area (Å²) in [5, 5.41) is 10.8. The molecular weight excluding hydrogens is 215 g/mol. The Labute approximate surface area is 92.1 Å². The minimum absolute atomic E-state index is 0.0668. The normalized spacial score (nSPS) is 11.5. The molecule has 0 unspecified atom stereocenters. The van der Waals surface area contributed by atoms with Crippen molar-refractivity contribution in [2.24, 2.45) is 5.90 Å². The van der Waals surface area contributed by atoms with Gasteiger partial charge in [0.2, 0.25) is 0 Å². The van der Waals surface area contributed by atoms with Crippen LogP contribution in [-0.4, -0.2) is 11.5 Å². The number of nitrogens with zero attached hydrogens (tertiary/aromatic N) is 1. The lowest BCUT2D eigenvalue weighted by Gasteiger charge is -2.23. The van der Waals surface area contributed by atoms with E-state index in [0.717, 1.165) is 18.2 Å². The van der Waals surface area contributed by atoms with E-state index < -0.39 is 16.2 Å². The zero-order chi connectivity index (χ0) is 12.3. The molecule has 0 fully saturated rings. The van der Waals surface area contributed by atoms with Gasteiger partial charge in [-0.05, 0) is 12.1 Å². The fourth-order valence-corrected chi connectivity index (χ4v) is 1.50. The third-order valence-corrected chi connectivity index (χ3v) is 2.33. The van der Waals surface area contributed by atoms with Crippen molar-refractivity contribution in [1.82, 2.24) is 0 Å². The summed E-state index contributed by atoms with van der Waals surface area (Å²) in [6.07, 6.45) is 0. The molecule has 6 heteroatoms. The molecule has 16 heavy (non-hydrogen) atoms. The van der Waals surface area contributed by atoms with E-state index in [9.17, 15) is 14.5 Å². The molecule has 0 aliphatic heterocycles. The average molecular weight is 228 g/mol. The second-order valence-corrected chi connectivity index (χ2v) is 4.11. The molecule has 0 spiro atoms. The van der Waals surface area contributed by atoms with Crippen molar-refractivity contribution in [2.45, 2.75) is 19.3 Å². The third kappa shape index (κ3) is 2.53. The molecule has 0 bridgehead atoms. The maximum atomic E-state index is 13.1. The summed E-state index contributed by atoms with van der Waals surface area (Å²) in [7, 11) is 0. The summed E-state index contributed by atoms with van der Waals surface area (Å²) in [6.45, 7) is 3.46. The van der Waals surface area contributed by atoms with Crippen LogP contribution >= 0.6 is 0 Å². The summed E-state index contributed by atoms with van der Waals surface area (Å²) in [5.74, 6) is 4.43. The minimum Gasteiger partial charge on any atom is -0.304 e. The molecule has 0 amide bonds. The highest BCUT2D eigenvalue weighted by molar-refractivity contribution is 5.45. The fraction of sp³-hybridized carbons (Fsp3) is 0.400. The van der Waals surface area contributed by atoms with Crippen LogP contribution in [0.3, 0.4) is 0 Å². The monoisotopic (exact) mass is 228 g/mol. The van der Waals surface area contributed by atoms with E-state index in [2.05, 4.69) is 4.84 Å². The van der Waals surface area contributed by atoms with E-state index in [-0.39, 0.29) is 17.9 Å². The number of halogens is 1. The quantitative estimate of drug-likeness (QED) is 0.630. The van der Waals surface area contributed by atoms with Gasteiger partial charge < -0.3 is 4.84 Å². The maximum Gasteiger partial charge on any atom is 0.273 e. The molecular formula is C10H13FN2O3. The van der Waals surface area contributed by atoms with Gasteiger partial charge in [-0.15, -0.1) is 0 Å². The Morgan fingerprint density at radius 2 is 2.19 bits per heavy atom. The maximum absolute atomic E-state index is 13.1. The SMILES string of the molecule is CC(C)(CON)c1cc(F)ccc1[N+](=O)[O-]. The molecule has 0 saturated carbocycles. The predicted octanol–water partition coefficient (Wildman–Crippen LogP) is 1.90. The first-order valence-corrected chi connectivity index (χ1v) is 4.64. The summed E-state index contributed by atoms with van der Waals surface area (Å²) in [5.41, 5.74) is -0.592. The van der Waals surface area contributed by atoms with E-state index in [1.165, 1.54) is 0 Å².